The first kappa shape index (κ1) is 13.7. The smallest absolute Gasteiger partial charge is 0.146 e. The van der Waals surface area contributed by atoms with Gasteiger partial charge in [0.25, 0.3) is 0 Å². The average Bonchev–Trinajstić information content (AvgIpc) is 2.47. The van der Waals surface area contributed by atoms with Crippen molar-refractivity contribution in [3.8, 4) is 22.8 Å². The highest BCUT2D eigenvalue weighted by Crippen LogP contribution is 2.41. The fraction of sp³-hybridized carbons (Fsp3) is 0.214. The van der Waals surface area contributed by atoms with Gasteiger partial charge in [-0.25, -0.2) is 0 Å². The Labute approximate surface area is 120 Å². The lowest BCUT2D eigenvalue weighted by molar-refractivity contribution is 0.390. The predicted octanol–water partition coefficient (Wildman–Crippen LogP) is 3.57. The third-order valence-electron chi connectivity index (χ3n) is 2.81. The normalized spacial score (nSPS) is 10.1. The Bertz CT molecular complexity index is 588. The fourth-order valence-electron chi connectivity index (χ4n) is 1.83. The van der Waals surface area contributed by atoms with Crippen LogP contribution in [0, 0.1) is 0 Å². The molecule has 1 aromatic heterocycles. The van der Waals surface area contributed by atoms with E-state index in [1.165, 1.54) is 0 Å². The summed E-state index contributed by atoms with van der Waals surface area (Å²) in [6.07, 6.45) is 1.76. The molecule has 0 radical (unpaired) electrons. The maximum absolute atomic E-state index is 5.46. The van der Waals surface area contributed by atoms with Crippen molar-refractivity contribution in [3.63, 3.8) is 0 Å². The van der Waals surface area contributed by atoms with Crippen LogP contribution in [0.5, 0.6) is 11.5 Å². The second-order valence-corrected chi connectivity index (χ2v) is 4.64. The van der Waals surface area contributed by atoms with Crippen LogP contribution in [0.2, 0.25) is 0 Å². The van der Waals surface area contributed by atoms with E-state index in [0.29, 0.717) is 5.75 Å². The number of anilines is 1. The molecule has 2 rings (SSSR count). The second-order valence-electron chi connectivity index (χ2n) is 3.84. The summed E-state index contributed by atoms with van der Waals surface area (Å²) in [5.41, 5.74) is 2.75. The van der Waals surface area contributed by atoms with E-state index in [1.54, 1.807) is 20.4 Å². The highest BCUT2D eigenvalue weighted by molar-refractivity contribution is 9.10. The van der Waals surface area contributed by atoms with Gasteiger partial charge < -0.3 is 14.8 Å². The van der Waals surface area contributed by atoms with Crippen molar-refractivity contribution < 1.29 is 9.47 Å². The third-order valence-corrected chi connectivity index (χ3v) is 3.56. The van der Waals surface area contributed by atoms with E-state index in [1.807, 2.05) is 31.3 Å². The molecule has 100 valence electrons. The van der Waals surface area contributed by atoms with Crippen LogP contribution in [0.1, 0.15) is 0 Å². The highest BCUT2D eigenvalue weighted by Gasteiger charge is 2.15. The molecule has 0 aliphatic rings. The first-order valence-corrected chi connectivity index (χ1v) is 6.55. The third kappa shape index (κ3) is 2.66. The van der Waals surface area contributed by atoms with E-state index < -0.39 is 0 Å². The topological polar surface area (TPSA) is 43.4 Å². The van der Waals surface area contributed by atoms with Crippen molar-refractivity contribution in [3.05, 3.63) is 34.9 Å². The van der Waals surface area contributed by atoms with Crippen molar-refractivity contribution in [1.29, 1.82) is 0 Å². The summed E-state index contributed by atoms with van der Waals surface area (Å²) in [6, 6.07) is 7.70. The molecule has 1 N–H and O–H groups in total. The number of ether oxygens (including phenoxy) is 2. The summed E-state index contributed by atoms with van der Waals surface area (Å²) in [5, 5.41) is 3.09. The summed E-state index contributed by atoms with van der Waals surface area (Å²) in [5.74, 6) is 1.44. The van der Waals surface area contributed by atoms with Gasteiger partial charge in [-0.15, -0.1) is 0 Å². The Morgan fingerprint density at radius 2 is 1.95 bits per heavy atom. The number of nitrogens with zero attached hydrogens (tertiary/aromatic N) is 1. The van der Waals surface area contributed by atoms with Crippen LogP contribution in [0.15, 0.2) is 34.9 Å². The predicted molar refractivity (Wildman–Crippen MR) is 80.0 cm³/mol. The second kappa shape index (κ2) is 5.93. The number of halogens is 1. The maximum Gasteiger partial charge on any atom is 0.146 e. The first-order valence-electron chi connectivity index (χ1n) is 5.76. The summed E-state index contributed by atoms with van der Waals surface area (Å²) in [4.78, 5) is 4.38. The first-order chi connectivity index (χ1) is 9.21. The zero-order valence-corrected chi connectivity index (χ0v) is 12.6. The van der Waals surface area contributed by atoms with Gasteiger partial charge in [-0.05, 0) is 40.2 Å². The van der Waals surface area contributed by atoms with Crippen LogP contribution in [0.3, 0.4) is 0 Å². The lowest BCUT2D eigenvalue weighted by Crippen LogP contribution is -1.95. The van der Waals surface area contributed by atoms with Gasteiger partial charge >= 0.3 is 0 Å². The number of nitrogens with one attached hydrogen (secondary N) is 1. The van der Waals surface area contributed by atoms with Crippen LogP contribution in [0.4, 0.5) is 5.69 Å². The molecule has 4 nitrogen and oxygen atoms in total. The molecule has 1 heterocycles. The molecule has 0 aliphatic heterocycles. The minimum atomic E-state index is 0.708. The minimum Gasteiger partial charge on any atom is -0.495 e. The van der Waals surface area contributed by atoms with Gasteiger partial charge in [-0.3, -0.25) is 4.98 Å². The van der Waals surface area contributed by atoms with E-state index in [-0.39, 0.29) is 0 Å². The Morgan fingerprint density at radius 1 is 1.16 bits per heavy atom. The van der Waals surface area contributed by atoms with Gasteiger partial charge in [0.2, 0.25) is 0 Å². The van der Waals surface area contributed by atoms with Crippen molar-refractivity contribution in [2.75, 3.05) is 26.6 Å². The molecule has 0 aliphatic carbocycles. The molecule has 1 aromatic carbocycles. The molecular formula is C14H15BrN2O2. The summed E-state index contributed by atoms with van der Waals surface area (Å²) < 4.78 is 11.5. The SMILES string of the molecule is CNc1ccnc(-c2ccc(OC)c(Br)c2OC)c1. The van der Waals surface area contributed by atoms with Crippen LogP contribution in [-0.2, 0) is 0 Å². The monoisotopic (exact) mass is 322 g/mol. The van der Waals surface area contributed by atoms with Crippen molar-refractivity contribution >= 4 is 21.6 Å². The molecule has 0 saturated heterocycles. The Morgan fingerprint density at radius 3 is 2.58 bits per heavy atom. The van der Waals surface area contributed by atoms with E-state index in [9.17, 15) is 0 Å². The molecule has 0 atom stereocenters. The highest BCUT2D eigenvalue weighted by atomic mass is 79.9. The summed E-state index contributed by atoms with van der Waals surface area (Å²) in [7, 11) is 5.13. The molecule has 0 saturated carbocycles. The molecule has 0 fully saturated rings. The van der Waals surface area contributed by atoms with Crippen molar-refractivity contribution in [2.45, 2.75) is 0 Å². The molecule has 0 amide bonds. The van der Waals surface area contributed by atoms with E-state index >= 15 is 0 Å². The standard InChI is InChI=1S/C14H15BrN2O2/c1-16-9-6-7-17-11(8-9)10-4-5-12(18-2)13(15)14(10)19-3/h4-8H,1-3H3,(H,16,17). The largest absolute Gasteiger partial charge is 0.495 e. The maximum atomic E-state index is 5.46. The van der Waals surface area contributed by atoms with Crippen LogP contribution < -0.4 is 14.8 Å². The quantitative estimate of drug-likeness (QED) is 0.934. The number of pyridine rings is 1. The minimum absolute atomic E-state index is 0.708. The molecule has 0 unspecified atom stereocenters. The number of benzene rings is 1. The number of methoxy groups -OCH3 is 2. The van der Waals surface area contributed by atoms with Gasteiger partial charge in [0.05, 0.1) is 19.9 Å². The number of aromatic nitrogens is 1. The van der Waals surface area contributed by atoms with Crippen LogP contribution in [-0.4, -0.2) is 26.3 Å². The molecule has 5 heteroatoms. The van der Waals surface area contributed by atoms with Gasteiger partial charge in [0.1, 0.15) is 16.0 Å². The molecule has 19 heavy (non-hydrogen) atoms. The zero-order chi connectivity index (χ0) is 13.8. The van der Waals surface area contributed by atoms with Crippen LogP contribution >= 0.6 is 15.9 Å². The fourth-order valence-corrected chi connectivity index (χ4v) is 2.50. The molecular weight excluding hydrogens is 308 g/mol. The molecule has 0 spiro atoms. The number of hydrogen-bond acceptors (Lipinski definition) is 4. The van der Waals surface area contributed by atoms with Crippen LogP contribution in [0.25, 0.3) is 11.3 Å². The van der Waals surface area contributed by atoms with Crippen molar-refractivity contribution in [2.24, 2.45) is 0 Å². The van der Waals surface area contributed by atoms with Crippen molar-refractivity contribution in [1.82, 2.24) is 4.98 Å². The van der Waals surface area contributed by atoms with Gasteiger partial charge in [0, 0.05) is 24.5 Å². The van der Waals surface area contributed by atoms with E-state index in [0.717, 1.165) is 27.2 Å². The Balaban J connectivity index is 2.58. The van der Waals surface area contributed by atoms with Gasteiger partial charge in [-0.1, -0.05) is 0 Å². The zero-order valence-electron chi connectivity index (χ0n) is 11.0. The number of hydrogen-bond donors (Lipinski definition) is 1. The lowest BCUT2D eigenvalue weighted by atomic mass is 10.1. The summed E-state index contributed by atoms with van der Waals surface area (Å²) in [6.45, 7) is 0. The van der Waals surface area contributed by atoms with E-state index in [4.69, 9.17) is 9.47 Å². The Kier molecular flexibility index (Phi) is 4.27. The van der Waals surface area contributed by atoms with E-state index in [2.05, 4.69) is 26.2 Å². The average molecular weight is 323 g/mol. The lowest BCUT2D eigenvalue weighted by Gasteiger charge is -2.13. The van der Waals surface area contributed by atoms with Gasteiger partial charge in [-0.2, -0.15) is 0 Å². The number of rotatable bonds is 4. The summed E-state index contributed by atoms with van der Waals surface area (Å²) >= 11 is 3.49. The van der Waals surface area contributed by atoms with Gasteiger partial charge in [0.15, 0.2) is 0 Å². The molecule has 2 aromatic rings. The Hall–Kier alpha value is -1.75. The molecule has 0 bridgehead atoms.